The summed E-state index contributed by atoms with van der Waals surface area (Å²) in [6.45, 7) is 0.843. The van der Waals surface area contributed by atoms with E-state index >= 15 is 0 Å². The second-order valence-corrected chi connectivity index (χ2v) is 11.1. The molecule has 0 radical (unpaired) electrons. The lowest BCUT2D eigenvalue weighted by Crippen LogP contribution is -2.41. The smallest absolute Gasteiger partial charge is 0.243 e. The highest BCUT2D eigenvalue weighted by Gasteiger charge is 2.34. The first-order valence-electron chi connectivity index (χ1n) is 12.5. The summed E-state index contributed by atoms with van der Waals surface area (Å²) >= 11 is 0. The standard InChI is InChI=1S/C30H29FN2O7S/c1-19(34)32-24-9-11-25(12-10-24)41(36,37)33-17-22(13-20-14-27(38-2)30(40-4)28(15-20)39-3)29(35)23(18-33)16-21-7-5-6-8-26(21)31/h5-16H,17-18H2,1-4H3,(H,32,34)/b22-13+,23-16+. The predicted molar refractivity (Wildman–Crippen MR) is 153 cm³/mol. The summed E-state index contributed by atoms with van der Waals surface area (Å²) in [5, 5.41) is 2.59. The topological polar surface area (TPSA) is 111 Å². The Morgan fingerprint density at radius 1 is 0.902 bits per heavy atom. The number of benzene rings is 3. The van der Waals surface area contributed by atoms with E-state index in [9.17, 15) is 22.4 Å². The lowest BCUT2D eigenvalue weighted by molar-refractivity contribution is -0.114. The Hall–Kier alpha value is -4.48. The van der Waals surface area contributed by atoms with Gasteiger partial charge in [-0.3, -0.25) is 9.59 Å². The van der Waals surface area contributed by atoms with Crippen LogP contribution >= 0.6 is 0 Å². The van der Waals surface area contributed by atoms with Crippen molar-refractivity contribution in [3.8, 4) is 17.2 Å². The van der Waals surface area contributed by atoms with Crippen LogP contribution in [0.2, 0.25) is 0 Å². The molecule has 4 rings (SSSR count). The summed E-state index contributed by atoms with van der Waals surface area (Å²) in [6.07, 6.45) is 2.91. The average Bonchev–Trinajstić information content (AvgIpc) is 2.95. The lowest BCUT2D eigenvalue weighted by Gasteiger charge is -2.29. The van der Waals surface area contributed by atoms with Crippen molar-refractivity contribution in [2.24, 2.45) is 0 Å². The number of halogens is 1. The number of nitrogens with one attached hydrogen (secondary N) is 1. The number of rotatable bonds is 8. The van der Waals surface area contributed by atoms with Crippen molar-refractivity contribution >= 4 is 39.6 Å². The highest BCUT2D eigenvalue weighted by molar-refractivity contribution is 7.89. The molecular formula is C30H29FN2O7S. The molecule has 1 N–H and O–H groups in total. The first-order chi connectivity index (χ1) is 19.6. The van der Waals surface area contributed by atoms with Gasteiger partial charge in [-0.15, -0.1) is 0 Å². The first kappa shape index (κ1) is 29.5. The van der Waals surface area contributed by atoms with Crippen molar-refractivity contribution in [3.63, 3.8) is 0 Å². The van der Waals surface area contributed by atoms with Crippen LogP contribution in [0.5, 0.6) is 17.2 Å². The molecule has 0 saturated carbocycles. The highest BCUT2D eigenvalue weighted by Crippen LogP contribution is 2.39. The molecule has 11 heteroatoms. The zero-order valence-electron chi connectivity index (χ0n) is 22.9. The van der Waals surface area contributed by atoms with Crippen molar-refractivity contribution in [1.82, 2.24) is 4.31 Å². The van der Waals surface area contributed by atoms with E-state index in [1.54, 1.807) is 24.3 Å². The van der Waals surface area contributed by atoms with Gasteiger partial charge in [0.05, 0.1) is 26.2 Å². The predicted octanol–water partition coefficient (Wildman–Crippen LogP) is 4.55. The number of amides is 1. The van der Waals surface area contributed by atoms with Gasteiger partial charge >= 0.3 is 0 Å². The van der Waals surface area contributed by atoms with Gasteiger partial charge in [-0.05, 0) is 60.2 Å². The Labute approximate surface area is 237 Å². The molecule has 1 amide bonds. The summed E-state index contributed by atoms with van der Waals surface area (Å²) in [4.78, 5) is 25.0. The van der Waals surface area contributed by atoms with Crippen molar-refractivity contribution in [3.05, 3.63) is 88.8 Å². The van der Waals surface area contributed by atoms with Crippen LogP contribution in [0.25, 0.3) is 12.2 Å². The Morgan fingerprint density at radius 3 is 2.02 bits per heavy atom. The minimum atomic E-state index is -4.10. The number of methoxy groups -OCH3 is 3. The number of hydrogen-bond acceptors (Lipinski definition) is 7. The van der Waals surface area contributed by atoms with Crippen molar-refractivity contribution in [2.75, 3.05) is 39.7 Å². The molecule has 0 unspecified atom stereocenters. The van der Waals surface area contributed by atoms with E-state index in [0.29, 0.717) is 28.5 Å². The molecule has 1 heterocycles. The summed E-state index contributed by atoms with van der Waals surface area (Å²) < 4.78 is 59.3. The van der Waals surface area contributed by atoms with Crippen LogP contribution in [-0.2, 0) is 19.6 Å². The van der Waals surface area contributed by atoms with Gasteiger partial charge in [0.15, 0.2) is 17.3 Å². The van der Waals surface area contributed by atoms with Crippen LogP contribution in [0.15, 0.2) is 76.7 Å². The number of hydrogen-bond donors (Lipinski definition) is 1. The molecule has 1 aliphatic heterocycles. The van der Waals surface area contributed by atoms with Crippen LogP contribution in [-0.4, -0.2) is 58.8 Å². The molecule has 0 aromatic heterocycles. The Kier molecular flexibility index (Phi) is 8.89. The molecule has 3 aromatic carbocycles. The SMILES string of the molecule is COc1cc(/C=C2\CN(S(=O)(=O)c3ccc(NC(C)=O)cc3)C/C(=C\c3ccccc3F)C2=O)cc(OC)c1OC. The Balaban J connectivity index is 1.81. The summed E-state index contributed by atoms with van der Waals surface area (Å²) in [5.74, 6) is -0.189. The van der Waals surface area contributed by atoms with Crippen LogP contribution in [0.3, 0.4) is 0 Å². The van der Waals surface area contributed by atoms with Gasteiger partial charge in [0.1, 0.15) is 5.82 Å². The van der Waals surface area contributed by atoms with Crippen LogP contribution in [0.4, 0.5) is 10.1 Å². The fourth-order valence-electron chi connectivity index (χ4n) is 4.41. The van der Waals surface area contributed by atoms with E-state index in [0.717, 1.165) is 4.31 Å². The molecule has 9 nitrogen and oxygen atoms in total. The third-order valence-corrected chi connectivity index (χ3v) is 8.16. The van der Waals surface area contributed by atoms with Gasteiger partial charge in [-0.25, -0.2) is 12.8 Å². The van der Waals surface area contributed by atoms with Crippen LogP contribution < -0.4 is 19.5 Å². The number of Topliss-reactive ketones (excluding diaryl/α,β-unsaturated/α-hetero) is 1. The maximum absolute atomic E-state index is 14.5. The minimum absolute atomic E-state index is 0.0293. The summed E-state index contributed by atoms with van der Waals surface area (Å²) in [5.41, 5.74) is 1.35. The van der Waals surface area contributed by atoms with Crippen LogP contribution in [0.1, 0.15) is 18.1 Å². The van der Waals surface area contributed by atoms with Crippen molar-refractivity contribution in [1.29, 1.82) is 0 Å². The van der Waals surface area contributed by atoms with Crippen LogP contribution in [0, 0.1) is 5.82 Å². The van der Waals surface area contributed by atoms with E-state index < -0.39 is 21.6 Å². The molecule has 0 bridgehead atoms. The van der Waals surface area contributed by atoms with E-state index in [1.807, 2.05) is 0 Å². The fraction of sp³-hybridized carbons (Fsp3) is 0.200. The maximum Gasteiger partial charge on any atom is 0.243 e. The number of nitrogens with zero attached hydrogens (tertiary/aromatic N) is 1. The second-order valence-electron chi connectivity index (χ2n) is 9.13. The molecule has 0 spiro atoms. The van der Waals surface area contributed by atoms with E-state index in [2.05, 4.69) is 5.32 Å². The number of anilines is 1. The number of carbonyl (C=O) groups is 2. The Bertz CT molecular complexity index is 1620. The zero-order valence-corrected chi connectivity index (χ0v) is 23.8. The van der Waals surface area contributed by atoms with Crippen molar-refractivity contribution < 1.29 is 36.6 Å². The van der Waals surface area contributed by atoms with E-state index in [-0.39, 0.29) is 40.6 Å². The molecule has 1 fully saturated rings. The monoisotopic (exact) mass is 580 g/mol. The van der Waals surface area contributed by atoms with Crippen molar-refractivity contribution in [2.45, 2.75) is 11.8 Å². The summed E-state index contributed by atoms with van der Waals surface area (Å²) in [7, 11) is 0.281. The number of sulfonamides is 1. The van der Waals surface area contributed by atoms with Gasteiger partial charge in [-0.1, -0.05) is 18.2 Å². The third-order valence-electron chi connectivity index (χ3n) is 6.35. The molecule has 41 heavy (non-hydrogen) atoms. The fourth-order valence-corrected chi connectivity index (χ4v) is 5.80. The van der Waals surface area contributed by atoms with Gasteiger partial charge < -0.3 is 19.5 Å². The number of carbonyl (C=O) groups excluding carboxylic acids is 2. The normalized spacial score (nSPS) is 16.1. The third kappa shape index (κ3) is 6.47. The van der Waals surface area contributed by atoms with Gasteiger partial charge in [-0.2, -0.15) is 4.31 Å². The number of piperidine rings is 1. The average molecular weight is 581 g/mol. The molecule has 0 atom stereocenters. The number of ether oxygens (including phenoxy) is 3. The second kappa shape index (κ2) is 12.4. The maximum atomic E-state index is 14.5. The quantitative estimate of drug-likeness (QED) is 0.389. The van der Waals surface area contributed by atoms with E-state index in [1.165, 1.54) is 76.8 Å². The lowest BCUT2D eigenvalue weighted by atomic mass is 9.95. The molecule has 3 aromatic rings. The molecule has 1 saturated heterocycles. The van der Waals surface area contributed by atoms with Gasteiger partial charge in [0.2, 0.25) is 21.7 Å². The summed E-state index contributed by atoms with van der Waals surface area (Å²) in [6, 6.07) is 14.9. The first-order valence-corrected chi connectivity index (χ1v) is 13.9. The minimum Gasteiger partial charge on any atom is -0.493 e. The Morgan fingerprint density at radius 2 is 1.49 bits per heavy atom. The van der Waals surface area contributed by atoms with Gasteiger partial charge in [0.25, 0.3) is 0 Å². The largest absolute Gasteiger partial charge is 0.493 e. The van der Waals surface area contributed by atoms with E-state index in [4.69, 9.17) is 14.2 Å². The molecular weight excluding hydrogens is 551 g/mol. The molecule has 214 valence electrons. The van der Waals surface area contributed by atoms with Gasteiger partial charge in [0, 0.05) is 42.4 Å². The highest BCUT2D eigenvalue weighted by atomic mass is 32.2. The molecule has 0 aliphatic carbocycles. The molecule has 1 aliphatic rings. The number of ketones is 1. The zero-order chi connectivity index (χ0) is 29.7.